The number of benzene rings is 1. The van der Waals surface area contributed by atoms with Crippen molar-refractivity contribution in [2.75, 3.05) is 36.5 Å². The highest BCUT2D eigenvalue weighted by atomic mass is 32.1. The number of carbonyl (C=O) groups is 3. The summed E-state index contributed by atoms with van der Waals surface area (Å²) in [6.45, 7) is 2.19. The van der Waals surface area contributed by atoms with Gasteiger partial charge in [0.1, 0.15) is 0 Å². The molecule has 2 N–H and O–H groups in total. The standard InChI is InChI=1S/C22H27N3O4S/c26-20(24-18-6-8-19(9-7-18)25-12-2-1-3-13-25)15-29-21(27)5-4-11-23-22(28)17-10-14-30-16-17/h6-10,14,16H,1-5,11-13,15H2,(H,23,28)(H,24,26). The molecule has 1 aromatic heterocycles. The number of nitrogens with one attached hydrogen (secondary N) is 2. The highest BCUT2D eigenvalue weighted by Crippen LogP contribution is 2.21. The van der Waals surface area contributed by atoms with E-state index >= 15 is 0 Å². The SMILES string of the molecule is O=C(COC(=O)CCCNC(=O)c1ccsc1)Nc1ccc(N2CCCCC2)cc1. The summed E-state index contributed by atoms with van der Waals surface area (Å²) in [6, 6.07) is 9.46. The van der Waals surface area contributed by atoms with Gasteiger partial charge in [0, 0.05) is 48.4 Å². The van der Waals surface area contributed by atoms with Crippen molar-refractivity contribution in [1.29, 1.82) is 0 Å². The predicted octanol–water partition coefficient (Wildman–Crippen LogP) is 3.43. The fraction of sp³-hybridized carbons (Fsp3) is 0.409. The van der Waals surface area contributed by atoms with Crippen LogP contribution in [0.1, 0.15) is 42.5 Å². The van der Waals surface area contributed by atoms with E-state index in [4.69, 9.17) is 4.74 Å². The number of thiophene rings is 1. The van der Waals surface area contributed by atoms with E-state index in [0.29, 0.717) is 24.2 Å². The van der Waals surface area contributed by atoms with Crippen LogP contribution in [0.3, 0.4) is 0 Å². The van der Waals surface area contributed by atoms with E-state index in [9.17, 15) is 14.4 Å². The van der Waals surface area contributed by atoms with Crippen LogP contribution < -0.4 is 15.5 Å². The Hall–Kier alpha value is -2.87. The molecule has 0 saturated carbocycles. The summed E-state index contributed by atoms with van der Waals surface area (Å²) in [6.07, 6.45) is 4.30. The Kier molecular flexibility index (Phi) is 8.26. The molecule has 0 aliphatic carbocycles. The van der Waals surface area contributed by atoms with E-state index in [-0.39, 0.29) is 24.8 Å². The van der Waals surface area contributed by atoms with Crippen LogP contribution in [0.25, 0.3) is 0 Å². The Morgan fingerprint density at radius 1 is 1.03 bits per heavy atom. The van der Waals surface area contributed by atoms with Gasteiger partial charge in [0.15, 0.2) is 6.61 Å². The first-order chi connectivity index (χ1) is 14.6. The highest BCUT2D eigenvalue weighted by molar-refractivity contribution is 7.08. The van der Waals surface area contributed by atoms with E-state index < -0.39 is 5.97 Å². The molecule has 3 rings (SSSR count). The molecule has 2 aromatic rings. The second-order valence-electron chi connectivity index (χ2n) is 7.17. The molecular formula is C22H27N3O4S. The van der Waals surface area contributed by atoms with Crippen LogP contribution >= 0.6 is 11.3 Å². The zero-order chi connectivity index (χ0) is 21.2. The Labute approximate surface area is 180 Å². The molecule has 1 fully saturated rings. The lowest BCUT2D eigenvalue weighted by Gasteiger charge is -2.28. The van der Waals surface area contributed by atoms with Gasteiger partial charge in [-0.2, -0.15) is 11.3 Å². The largest absolute Gasteiger partial charge is 0.456 e. The third-order valence-electron chi connectivity index (χ3n) is 4.86. The summed E-state index contributed by atoms with van der Waals surface area (Å²) in [5, 5.41) is 9.08. The minimum Gasteiger partial charge on any atom is -0.456 e. The van der Waals surface area contributed by atoms with Crippen molar-refractivity contribution in [3.05, 3.63) is 46.7 Å². The number of ether oxygens (including phenoxy) is 1. The fourth-order valence-electron chi connectivity index (χ4n) is 3.25. The van der Waals surface area contributed by atoms with E-state index in [0.717, 1.165) is 18.8 Å². The minimum absolute atomic E-state index is 0.141. The monoisotopic (exact) mass is 429 g/mol. The van der Waals surface area contributed by atoms with Gasteiger partial charge in [0.2, 0.25) is 0 Å². The van der Waals surface area contributed by atoms with Gasteiger partial charge < -0.3 is 20.3 Å². The lowest BCUT2D eigenvalue weighted by Crippen LogP contribution is -2.29. The van der Waals surface area contributed by atoms with Gasteiger partial charge in [0.05, 0.1) is 0 Å². The number of carbonyl (C=O) groups excluding carboxylic acids is 3. The Balaban J connectivity index is 1.30. The van der Waals surface area contributed by atoms with Gasteiger partial charge in [-0.25, -0.2) is 0 Å². The maximum Gasteiger partial charge on any atom is 0.306 e. The zero-order valence-electron chi connectivity index (χ0n) is 16.9. The maximum absolute atomic E-state index is 12.0. The van der Waals surface area contributed by atoms with Gasteiger partial charge in [-0.05, 0) is 61.4 Å². The van der Waals surface area contributed by atoms with Crippen molar-refractivity contribution in [2.45, 2.75) is 32.1 Å². The first-order valence-corrected chi connectivity index (χ1v) is 11.2. The molecule has 0 bridgehead atoms. The molecular weight excluding hydrogens is 402 g/mol. The van der Waals surface area contributed by atoms with Gasteiger partial charge in [-0.1, -0.05) is 0 Å². The summed E-state index contributed by atoms with van der Waals surface area (Å²) in [5.74, 6) is -0.995. The van der Waals surface area contributed by atoms with Crippen LogP contribution in [0.15, 0.2) is 41.1 Å². The molecule has 8 heteroatoms. The Morgan fingerprint density at radius 2 is 1.80 bits per heavy atom. The zero-order valence-corrected chi connectivity index (χ0v) is 17.7. The number of anilines is 2. The summed E-state index contributed by atoms with van der Waals surface area (Å²) in [4.78, 5) is 37.9. The first-order valence-electron chi connectivity index (χ1n) is 10.2. The normalized spacial score (nSPS) is 13.5. The third-order valence-corrected chi connectivity index (χ3v) is 5.55. The van der Waals surface area contributed by atoms with Crippen molar-refractivity contribution in [3.8, 4) is 0 Å². The van der Waals surface area contributed by atoms with Crippen molar-refractivity contribution < 1.29 is 19.1 Å². The molecule has 2 heterocycles. The summed E-state index contributed by atoms with van der Waals surface area (Å²) in [7, 11) is 0. The smallest absolute Gasteiger partial charge is 0.306 e. The Morgan fingerprint density at radius 3 is 2.50 bits per heavy atom. The molecule has 160 valence electrons. The summed E-state index contributed by atoms with van der Waals surface area (Å²) < 4.78 is 5.00. The number of esters is 1. The topological polar surface area (TPSA) is 87.7 Å². The summed E-state index contributed by atoms with van der Waals surface area (Å²) >= 11 is 1.45. The van der Waals surface area contributed by atoms with Crippen LogP contribution in [0, 0.1) is 0 Å². The fourth-order valence-corrected chi connectivity index (χ4v) is 3.89. The van der Waals surface area contributed by atoms with Crippen molar-refractivity contribution in [1.82, 2.24) is 5.32 Å². The number of hydrogen-bond acceptors (Lipinski definition) is 6. The van der Waals surface area contributed by atoms with Crippen molar-refractivity contribution in [3.63, 3.8) is 0 Å². The van der Waals surface area contributed by atoms with Crippen molar-refractivity contribution in [2.24, 2.45) is 0 Å². The van der Waals surface area contributed by atoms with Crippen LogP contribution in [-0.2, 0) is 14.3 Å². The average Bonchev–Trinajstić information content (AvgIpc) is 3.31. The number of nitrogens with zero attached hydrogens (tertiary/aromatic N) is 1. The minimum atomic E-state index is -0.463. The third kappa shape index (κ3) is 6.88. The molecule has 0 spiro atoms. The number of hydrogen-bond donors (Lipinski definition) is 2. The molecule has 1 aromatic carbocycles. The molecule has 2 amide bonds. The lowest BCUT2D eigenvalue weighted by atomic mass is 10.1. The van der Waals surface area contributed by atoms with Gasteiger partial charge in [-0.15, -0.1) is 0 Å². The number of piperidine rings is 1. The van der Waals surface area contributed by atoms with Crippen LogP contribution in [0.4, 0.5) is 11.4 Å². The molecule has 0 radical (unpaired) electrons. The van der Waals surface area contributed by atoms with Crippen molar-refractivity contribution >= 4 is 40.5 Å². The molecule has 1 aliphatic rings. The van der Waals surface area contributed by atoms with Crippen LogP contribution in [-0.4, -0.2) is 44.0 Å². The molecule has 7 nitrogen and oxygen atoms in total. The molecule has 1 saturated heterocycles. The van der Waals surface area contributed by atoms with Gasteiger partial charge in [-0.3, -0.25) is 14.4 Å². The first kappa shape index (κ1) is 21.8. The predicted molar refractivity (Wildman–Crippen MR) is 118 cm³/mol. The second-order valence-corrected chi connectivity index (χ2v) is 7.95. The van der Waals surface area contributed by atoms with E-state index in [1.165, 1.54) is 30.6 Å². The number of amides is 2. The van der Waals surface area contributed by atoms with Gasteiger partial charge in [0.25, 0.3) is 11.8 Å². The Bertz CT molecular complexity index is 831. The maximum atomic E-state index is 12.0. The molecule has 0 unspecified atom stereocenters. The molecule has 0 atom stereocenters. The highest BCUT2D eigenvalue weighted by Gasteiger charge is 2.12. The quantitative estimate of drug-likeness (QED) is 0.471. The average molecular weight is 430 g/mol. The van der Waals surface area contributed by atoms with E-state index in [1.807, 2.05) is 29.6 Å². The second kappa shape index (κ2) is 11.3. The van der Waals surface area contributed by atoms with Gasteiger partial charge >= 0.3 is 5.97 Å². The number of rotatable bonds is 9. The van der Waals surface area contributed by atoms with Crippen LogP contribution in [0.5, 0.6) is 0 Å². The van der Waals surface area contributed by atoms with E-state index in [1.54, 1.807) is 11.4 Å². The molecule has 1 aliphatic heterocycles. The summed E-state index contributed by atoms with van der Waals surface area (Å²) in [5.41, 5.74) is 2.45. The molecule has 30 heavy (non-hydrogen) atoms. The lowest BCUT2D eigenvalue weighted by molar-refractivity contribution is -0.147. The van der Waals surface area contributed by atoms with E-state index in [2.05, 4.69) is 15.5 Å². The van der Waals surface area contributed by atoms with Crippen LogP contribution in [0.2, 0.25) is 0 Å².